The summed E-state index contributed by atoms with van der Waals surface area (Å²) in [7, 11) is 0. The lowest BCUT2D eigenvalue weighted by molar-refractivity contribution is 0.0779. The summed E-state index contributed by atoms with van der Waals surface area (Å²) in [5.74, 6) is 4.41. The molecule has 2 fully saturated rings. The minimum Gasteiger partial charge on any atom is -0.486 e. The smallest absolute Gasteiger partial charge is 0.261 e. The molecule has 638 valence electrons. The van der Waals surface area contributed by atoms with Crippen LogP contribution in [0.4, 0.5) is 49.6 Å². The standard InChI is InChI=1S/C23H25FN6O2.C21H21FN6O2.C20H19F3N6O2.C20H21FN6O3/c1-14-13-32-19-12-30-20-18(10-26-30)15(2)28-23(4-3-5-23)6-7-31-22-16(8-17(24)9-25-22)11-29(14)21(19)27-20;1-11-10-29-18-9-28-19-17(7-24-28)12(2)25-15-4-16(5-15)30-21-13(3-14(22)6-23-21)8-27(11)20(18)26-19;1-10-8-30-16-7-29-18-14(5-25-29)11(2)26-15(17(22)23)9-31-20-12(3-13(21)4-24-20)6-28(10)19(16)27-18;1-11-10-29-17-8-27-18-16(6-24-27)12(2)22-5-15(9-28)30-20-13(3-14(21)4-23-20)7-26(11)19(17)25-18/h8-10,12,14,28H,2-7,11,13H2,1H3;3,6-7,9,11,15-16,25H,2,4-5,8,10H2,1H3;3-5,7,10,15,17,26H,2,6,8-9H2,1H3;3-4,6,8,11,15,22,28H,2,5,7,9-10H2,1H3/t14-;11-,15?,16?;10-,15+;11-,15+/m1111/s1. The number of halogens is 6. The minimum absolute atomic E-state index is 0.0185. The molecular weight excluding hydrogens is 1600 g/mol. The van der Waals surface area contributed by atoms with Gasteiger partial charge in [-0.15, -0.1) is 0 Å². The van der Waals surface area contributed by atoms with Gasteiger partial charge in [0.25, 0.3) is 6.43 Å². The Morgan fingerprint density at radius 3 is 1.23 bits per heavy atom. The lowest BCUT2D eigenvalue weighted by Crippen LogP contribution is -2.50. The number of rotatable bonds is 2. The predicted octanol–water partition coefficient (Wildman–Crippen LogP) is 9.85. The lowest BCUT2D eigenvalue weighted by atomic mass is 9.74. The number of ether oxygens (including phenoxy) is 8. The highest BCUT2D eigenvalue weighted by atomic mass is 19.3. The fraction of sp³-hybridized carbons (Fsp3) is 0.381. The van der Waals surface area contributed by atoms with Crippen LogP contribution >= 0.6 is 0 Å². The molecule has 33 nitrogen and oxygen atoms in total. The van der Waals surface area contributed by atoms with Gasteiger partial charge in [-0.05, 0) is 71.2 Å². The van der Waals surface area contributed by atoms with E-state index >= 15 is 0 Å². The van der Waals surface area contributed by atoms with E-state index in [1.807, 2.05) is 36.0 Å². The molecule has 0 saturated heterocycles. The molecule has 21 heterocycles. The van der Waals surface area contributed by atoms with Crippen molar-refractivity contribution < 1.29 is 69.3 Å². The van der Waals surface area contributed by atoms with Crippen LogP contribution in [0.25, 0.3) is 45.4 Å². The van der Waals surface area contributed by atoms with Crippen molar-refractivity contribution in [2.45, 2.75) is 153 Å². The van der Waals surface area contributed by atoms with Crippen molar-refractivity contribution in [1.29, 1.82) is 0 Å². The Labute approximate surface area is 699 Å². The van der Waals surface area contributed by atoms with Crippen molar-refractivity contribution in [3.63, 3.8) is 0 Å². The van der Waals surface area contributed by atoms with E-state index in [9.17, 15) is 31.4 Å². The maximum absolute atomic E-state index is 14.1. The normalized spacial score (nSPS) is 22.2. The number of fused-ring (bicyclic) bond motifs is 4. The minimum atomic E-state index is -2.74. The summed E-state index contributed by atoms with van der Waals surface area (Å²) < 4.78 is 137. The highest BCUT2D eigenvalue weighted by Crippen LogP contribution is 2.44. The molecule has 2 aliphatic carbocycles. The monoisotopic (exact) mass is 1690 g/mol. The van der Waals surface area contributed by atoms with Gasteiger partial charge in [0, 0.05) is 75.9 Å². The van der Waals surface area contributed by atoms with Gasteiger partial charge < -0.3 is 83.9 Å². The van der Waals surface area contributed by atoms with Crippen LogP contribution in [0.1, 0.15) is 111 Å². The number of anilines is 4. The second kappa shape index (κ2) is 32.1. The Hall–Kier alpha value is -13.6. The Morgan fingerprint density at radius 2 is 0.829 bits per heavy atom. The molecule has 5 N–H and O–H groups in total. The fourth-order valence-corrected chi connectivity index (χ4v) is 16.4. The maximum Gasteiger partial charge on any atom is 0.261 e. The summed E-state index contributed by atoms with van der Waals surface area (Å²) in [5.41, 5.74) is 10.1. The van der Waals surface area contributed by atoms with Crippen LogP contribution in [-0.2, 0) is 26.2 Å². The number of aliphatic hydroxyl groups excluding tert-OH is 1. The molecule has 10 bridgehead atoms. The molecule has 0 unspecified atom stereocenters. The zero-order valence-corrected chi connectivity index (χ0v) is 67.4. The third kappa shape index (κ3) is 15.4. The molecule has 0 amide bonds. The largest absolute Gasteiger partial charge is 0.486 e. The summed E-state index contributed by atoms with van der Waals surface area (Å²) in [6.07, 6.45) is 20.8. The summed E-state index contributed by atoms with van der Waals surface area (Å²) >= 11 is 0. The quantitative estimate of drug-likeness (QED) is 0.100. The first-order valence-corrected chi connectivity index (χ1v) is 40.5. The number of nitrogens with zero attached hydrogens (tertiary/aromatic N) is 20. The number of nitrogens with one attached hydrogen (secondary N) is 4. The summed E-state index contributed by atoms with van der Waals surface area (Å²) in [4.78, 5) is 44.1. The van der Waals surface area contributed by atoms with Crippen molar-refractivity contribution in [2.75, 3.05) is 72.4 Å². The zero-order valence-electron chi connectivity index (χ0n) is 67.4. The van der Waals surface area contributed by atoms with E-state index in [-0.39, 0.29) is 97.2 Å². The highest BCUT2D eigenvalue weighted by molar-refractivity contribution is 5.79. The molecule has 0 radical (unpaired) electrons. The molecule has 12 aromatic heterocycles. The van der Waals surface area contributed by atoms with E-state index in [1.165, 1.54) is 47.4 Å². The van der Waals surface area contributed by atoms with Crippen molar-refractivity contribution in [1.82, 2.24) is 99.6 Å². The lowest BCUT2D eigenvalue weighted by Gasteiger charge is -2.44. The van der Waals surface area contributed by atoms with E-state index in [4.69, 9.17) is 57.8 Å². The van der Waals surface area contributed by atoms with Gasteiger partial charge in [-0.3, -0.25) is 0 Å². The molecular formula is C84H86F6N24O9. The van der Waals surface area contributed by atoms with Gasteiger partial charge in [0.05, 0.1) is 167 Å². The first kappa shape index (κ1) is 79.2. The molecule has 9 aliphatic heterocycles. The van der Waals surface area contributed by atoms with Gasteiger partial charge in [-0.1, -0.05) is 26.3 Å². The van der Waals surface area contributed by atoms with E-state index in [1.54, 1.807) is 44.5 Å². The van der Waals surface area contributed by atoms with E-state index in [2.05, 4.69) is 112 Å². The van der Waals surface area contributed by atoms with Crippen LogP contribution in [-0.4, -0.2) is 197 Å². The molecule has 0 aromatic carbocycles. The van der Waals surface area contributed by atoms with Gasteiger partial charge in [0.1, 0.15) is 74.6 Å². The third-order valence-corrected chi connectivity index (χ3v) is 23.5. The SMILES string of the molecule is C=C1NC2(CCC2)CCOc2ncc(F)cc2CN2c3nc4c1cnn4cc3OC[C@H]2C.C=C1NC2CC(C2)Oc2ncc(F)cc2CN2c3nc4c1cnn4cc3OC[C@H]2C.C=C1NC[C@@H](CO)Oc2ncc(F)cc2CN2c3nc4c1cnn4cc3OC[C@H]2C.C=C1N[C@H](C(F)F)COc2ncc(F)cc2CN2c3nc4c1cnn4cc3OC[C@H]2C. The molecule has 23 rings (SSSR count). The Morgan fingerprint density at radius 1 is 0.455 bits per heavy atom. The van der Waals surface area contributed by atoms with Crippen LogP contribution < -0.4 is 78.8 Å². The highest BCUT2D eigenvalue weighted by Gasteiger charge is 2.41. The molecule has 12 aromatic rings. The summed E-state index contributed by atoms with van der Waals surface area (Å²) in [6, 6.07) is 4.53. The molecule has 6 atom stereocenters. The molecule has 123 heavy (non-hydrogen) atoms. The summed E-state index contributed by atoms with van der Waals surface area (Å²) in [5, 5.41) is 40.3. The zero-order chi connectivity index (χ0) is 84.8. The predicted molar refractivity (Wildman–Crippen MR) is 438 cm³/mol. The molecule has 39 heteroatoms. The van der Waals surface area contributed by atoms with E-state index < -0.39 is 30.2 Å². The third-order valence-electron chi connectivity index (χ3n) is 23.5. The van der Waals surface area contributed by atoms with Gasteiger partial charge in [0.15, 0.2) is 68.9 Å². The Bertz CT molecular complexity index is 6160. The van der Waals surface area contributed by atoms with Crippen molar-refractivity contribution >= 4 is 68.6 Å². The number of hydrogen-bond acceptors (Lipinski definition) is 29. The number of pyridine rings is 4. The Kier molecular flexibility index (Phi) is 20.6. The fourth-order valence-electron chi connectivity index (χ4n) is 16.4. The topological polar surface area (TPSA) is 327 Å². The maximum atomic E-state index is 14.1. The Balaban J connectivity index is 0.000000108. The van der Waals surface area contributed by atoms with Crippen molar-refractivity contribution in [2.24, 2.45) is 0 Å². The van der Waals surface area contributed by atoms with Gasteiger partial charge in [-0.25, -0.2) is 84.3 Å². The number of hydrogen-bond donors (Lipinski definition) is 5. The van der Waals surface area contributed by atoms with E-state index in [0.29, 0.717) is 167 Å². The number of aromatic nitrogens is 16. The average Bonchev–Trinajstić information content (AvgIpc) is 1.67. The van der Waals surface area contributed by atoms with Gasteiger partial charge in [0.2, 0.25) is 23.5 Å². The first-order valence-electron chi connectivity index (χ1n) is 40.5. The van der Waals surface area contributed by atoms with Crippen LogP contribution in [0.15, 0.2) is 125 Å². The van der Waals surface area contributed by atoms with E-state index in [0.717, 1.165) is 79.0 Å². The van der Waals surface area contributed by atoms with Crippen LogP contribution in [0.3, 0.4) is 0 Å². The second-order valence-electron chi connectivity index (χ2n) is 32.2. The molecule has 2 saturated carbocycles. The summed E-state index contributed by atoms with van der Waals surface area (Å²) in [6.45, 7) is 27.8. The molecule has 1 spiro atoms. The van der Waals surface area contributed by atoms with Crippen LogP contribution in [0, 0.1) is 23.3 Å². The van der Waals surface area contributed by atoms with Crippen molar-refractivity contribution in [3.8, 4) is 46.5 Å². The average molecular weight is 1690 g/mol. The van der Waals surface area contributed by atoms with Crippen molar-refractivity contribution in [3.05, 3.63) is 193 Å². The second-order valence-corrected chi connectivity index (χ2v) is 32.2. The molecule has 11 aliphatic rings. The van der Waals surface area contributed by atoms with Gasteiger partial charge >= 0.3 is 0 Å². The van der Waals surface area contributed by atoms with Gasteiger partial charge in [-0.2, -0.15) is 20.4 Å². The van der Waals surface area contributed by atoms with Crippen LogP contribution in [0.2, 0.25) is 0 Å². The number of alkyl halides is 2. The van der Waals surface area contributed by atoms with Crippen LogP contribution in [0.5, 0.6) is 46.5 Å². The number of aliphatic hydroxyl groups is 1. The first-order chi connectivity index (χ1) is 59.5.